The van der Waals surface area contributed by atoms with E-state index in [1.54, 1.807) is 0 Å². The summed E-state index contributed by atoms with van der Waals surface area (Å²) in [5, 5.41) is 3.57. The normalized spacial score (nSPS) is 11.0. The van der Waals surface area contributed by atoms with Crippen LogP contribution in [0.25, 0.3) is 0 Å². The van der Waals surface area contributed by atoms with Crippen LogP contribution in [0.1, 0.15) is 102 Å². The Labute approximate surface area is 209 Å². The van der Waals surface area contributed by atoms with Crippen LogP contribution in [0.3, 0.4) is 0 Å². The molecule has 0 aliphatic heterocycles. The van der Waals surface area contributed by atoms with Crippen molar-refractivity contribution in [3.8, 4) is 11.5 Å². The van der Waals surface area contributed by atoms with Gasteiger partial charge in [0.05, 0.1) is 0 Å². The minimum Gasteiger partial charge on any atom is -0.490 e. The largest absolute Gasteiger partial charge is 0.490 e. The molecule has 0 amide bonds. The molecule has 0 heterocycles. The van der Waals surface area contributed by atoms with Crippen LogP contribution in [0, 0.1) is 0 Å². The number of ether oxygens (including phenoxy) is 2. The average molecular weight is 468 g/mol. The van der Waals surface area contributed by atoms with Crippen molar-refractivity contribution in [1.82, 2.24) is 5.32 Å². The first-order valence-corrected chi connectivity index (χ1v) is 14.0. The van der Waals surface area contributed by atoms with Crippen molar-refractivity contribution in [2.24, 2.45) is 0 Å². The summed E-state index contributed by atoms with van der Waals surface area (Å²) in [6.07, 6.45) is 19.8. The van der Waals surface area contributed by atoms with Gasteiger partial charge in [-0.2, -0.15) is 0 Å². The second-order valence-electron chi connectivity index (χ2n) is 9.43. The van der Waals surface area contributed by atoms with Crippen LogP contribution >= 0.6 is 0 Å². The fraction of sp³-hybridized carbons (Fsp3) is 0.613. The molecular weight excluding hydrogens is 418 g/mol. The topological polar surface area (TPSA) is 30.5 Å². The summed E-state index contributed by atoms with van der Waals surface area (Å²) in [6, 6.07) is 18.2. The summed E-state index contributed by atoms with van der Waals surface area (Å²) >= 11 is 0. The third-order valence-corrected chi connectivity index (χ3v) is 6.32. The van der Waals surface area contributed by atoms with Crippen LogP contribution in [0.15, 0.2) is 54.6 Å². The van der Waals surface area contributed by atoms with Gasteiger partial charge in [-0.1, -0.05) is 121 Å². The summed E-state index contributed by atoms with van der Waals surface area (Å²) in [5.41, 5.74) is 1.30. The van der Waals surface area contributed by atoms with E-state index in [1.807, 2.05) is 42.5 Å². The van der Waals surface area contributed by atoms with Gasteiger partial charge in [0.1, 0.15) is 24.7 Å². The highest BCUT2D eigenvalue weighted by Gasteiger charge is 1.98. The van der Waals surface area contributed by atoms with Gasteiger partial charge in [-0.25, -0.2) is 0 Å². The number of unbranched alkanes of at least 4 members (excludes halogenated alkanes) is 13. The van der Waals surface area contributed by atoms with E-state index in [1.165, 1.54) is 95.5 Å². The molecule has 0 aliphatic carbocycles. The summed E-state index contributed by atoms with van der Waals surface area (Å²) < 4.78 is 11.4. The Bertz CT molecular complexity index is 686. The first-order valence-electron chi connectivity index (χ1n) is 14.0. The molecule has 0 saturated heterocycles. The smallest absolute Gasteiger partial charge is 0.122 e. The third-order valence-electron chi connectivity index (χ3n) is 6.32. The zero-order valence-corrected chi connectivity index (χ0v) is 21.7. The lowest BCUT2D eigenvalue weighted by Crippen LogP contribution is -2.14. The number of para-hydroxylation sites is 1. The minimum absolute atomic E-state index is 0.547. The van der Waals surface area contributed by atoms with Crippen LogP contribution in [0.2, 0.25) is 0 Å². The quantitative estimate of drug-likeness (QED) is 0.176. The number of nitrogens with one attached hydrogen (secondary N) is 1. The standard InChI is InChI=1S/C31H49NO2/c1-2-3-4-5-6-7-8-9-10-11-12-13-14-18-25-32-28-29-21-23-31(24-22-29)34-27-26-33-30-19-16-15-17-20-30/h15-17,19-24,32H,2-14,18,25-28H2,1H3. The van der Waals surface area contributed by atoms with Gasteiger partial charge in [-0.3, -0.25) is 0 Å². The molecule has 34 heavy (non-hydrogen) atoms. The van der Waals surface area contributed by atoms with Crippen molar-refractivity contribution in [2.75, 3.05) is 19.8 Å². The van der Waals surface area contributed by atoms with Crippen molar-refractivity contribution < 1.29 is 9.47 Å². The molecule has 2 aromatic rings. The first kappa shape index (κ1) is 28.2. The van der Waals surface area contributed by atoms with Gasteiger partial charge in [0, 0.05) is 6.54 Å². The Kier molecular flexibility index (Phi) is 16.9. The van der Waals surface area contributed by atoms with Gasteiger partial charge in [-0.15, -0.1) is 0 Å². The van der Waals surface area contributed by atoms with Gasteiger partial charge < -0.3 is 14.8 Å². The molecule has 0 atom stereocenters. The van der Waals surface area contributed by atoms with E-state index in [9.17, 15) is 0 Å². The molecular formula is C31H49NO2. The highest BCUT2D eigenvalue weighted by Crippen LogP contribution is 2.14. The molecule has 3 nitrogen and oxygen atoms in total. The number of hydrogen-bond acceptors (Lipinski definition) is 3. The van der Waals surface area contributed by atoms with Crippen LogP contribution in [0.5, 0.6) is 11.5 Å². The summed E-state index contributed by atoms with van der Waals surface area (Å²) in [6.45, 7) is 5.42. The molecule has 0 radical (unpaired) electrons. The lowest BCUT2D eigenvalue weighted by molar-refractivity contribution is 0.217. The Hall–Kier alpha value is -2.00. The van der Waals surface area contributed by atoms with Crippen molar-refractivity contribution in [3.05, 3.63) is 60.2 Å². The predicted octanol–water partition coefficient (Wildman–Crippen LogP) is 8.72. The number of hydrogen-bond donors (Lipinski definition) is 1. The molecule has 1 N–H and O–H groups in total. The Balaban J connectivity index is 1.35. The zero-order chi connectivity index (χ0) is 23.9. The Morgan fingerprint density at radius 2 is 1.00 bits per heavy atom. The third kappa shape index (κ3) is 15.0. The van der Waals surface area contributed by atoms with Gasteiger partial charge in [0.25, 0.3) is 0 Å². The molecule has 0 unspecified atom stereocenters. The molecule has 0 bridgehead atoms. The minimum atomic E-state index is 0.547. The lowest BCUT2D eigenvalue weighted by atomic mass is 10.0. The van der Waals surface area contributed by atoms with E-state index in [2.05, 4.69) is 24.4 Å². The van der Waals surface area contributed by atoms with Gasteiger partial charge in [0.2, 0.25) is 0 Å². The number of benzene rings is 2. The highest BCUT2D eigenvalue weighted by molar-refractivity contribution is 5.27. The maximum Gasteiger partial charge on any atom is 0.122 e. The zero-order valence-electron chi connectivity index (χ0n) is 21.7. The molecule has 190 valence electrons. The maximum absolute atomic E-state index is 5.77. The Morgan fingerprint density at radius 1 is 0.529 bits per heavy atom. The van der Waals surface area contributed by atoms with Crippen molar-refractivity contribution in [3.63, 3.8) is 0 Å². The van der Waals surface area contributed by atoms with E-state index in [0.29, 0.717) is 13.2 Å². The number of rotatable bonds is 22. The molecule has 2 rings (SSSR count). The monoisotopic (exact) mass is 467 g/mol. The highest BCUT2D eigenvalue weighted by atomic mass is 16.5. The molecule has 3 heteroatoms. The molecule has 0 fully saturated rings. The fourth-order valence-electron chi connectivity index (χ4n) is 4.22. The van der Waals surface area contributed by atoms with E-state index in [4.69, 9.17) is 9.47 Å². The lowest BCUT2D eigenvalue weighted by Gasteiger charge is -2.09. The van der Waals surface area contributed by atoms with Crippen LogP contribution in [-0.2, 0) is 6.54 Å². The summed E-state index contributed by atoms with van der Waals surface area (Å²) in [7, 11) is 0. The van der Waals surface area contributed by atoms with E-state index in [-0.39, 0.29) is 0 Å². The van der Waals surface area contributed by atoms with E-state index >= 15 is 0 Å². The van der Waals surface area contributed by atoms with Crippen LogP contribution in [0.4, 0.5) is 0 Å². The summed E-state index contributed by atoms with van der Waals surface area (Å²) in [5.74, 6) is 1.78. The first-order chi connectivity index (χ1) is 16.9. The molecule has 0 aliphatic rings. The van der Waals surface area contributed by atoms with Crippen LogP contribution in [-0.4, -0.2) is 19.8 Å². The SMILES string of the molecule is CCCCCCCCCCCCCCCCNCc1ccc(OCCOc2ccccc2)cc1. The molecule has 0 aromatic heterocycles. The molecule has 2 aromatic carbocycles. The van der Waals surface area contributed by atoms with Crippen molar-refractivity contribution >= 4 is 0 Å². The van der Waals surface area contributed by atoms with Crippen molar-refractivity contribution in [2.45, 2.75) is 103 Å². The van der Waals surface area contributed by atoms with Crippen LogP contribution < -0.4 is 14.8 Å². The van der Waals surface area contributed by atoms with Crippen molar-refractivity contribution in [1.29, 1.82) is 0 Å². The van der Waals surface area contributed by atoms with Gasteiger partial charge in [-0.05, 0) is 42.8 Å². The fourth-order valence-corrected chi connectivity index (χ4v) is 4.22. The van der Waals surface area contributed by atoms with E-state index in [0.717, 1.165) is 24.6 Å². The molecule has 0 saturated carbocycles. The maximum atomic E-state index is 5.77. The molecule has 0 spiro atoms. The Morgan fingerprint density at radius 3 is 1.53 bits per heavy atom. The average Bonchev–Trinajstić information content (AvgIpc) is 2.88. The van der Waals surface area contributed by atoms with Gasteiger partial charge in [0.15, 0.2) is 0 Å². The van der Waals surface area contributed by atoms with Gasteiger partial charge >= 0.3 is 0 Å². The van der Waals surface area contributed by atoms with E-state index < -0.39 is 0 Å². The second kappa shape index (κ2) is 20.4. The summed E-state index contributed by atoms with van der Waals surface area (Å²) in [4.78, 5) is 0. The second-order valence-corrected chi connectivity index (χ2v) is 9.43. The predicted molar refractivity (Wildman–Crippen MR) is 146 cm³/mol.